The van der Waals surface area contributed by atoms with Crippen molar-refractivity contribution in [2.45, 2.75) is 18.6 Å². The van der Waals surface area contributed by atoms with Crippen LogP contribution in [0.1, 0.15) is 16.8 Å². The van der Waals surface area contributed by atoms with Crippen molar-refractivity contribution in [3.05, 3.63) is 23.9 Å². The predicted molar refractivity (Wildman–Crippen MR) is 61.7 cm³/mol. The summed E-state index contributed by atoms with van der Waals surface area (Å²) in [5.41, 5.74) is 0.327. The molecule has 1 N–H and O–H groups in total. The van der Waals surface area contributed by atoms with Gasteiger partial charge < -0.3 is 5.32 Å². The lowest BCUT2D eigenvalue weighted by Crippen LogP contribution is -2.39. The van der Waals surface area contributed by atoms with E-state index in [9.17, 15) is 14.0 Å². The average molecular weight is 247 g/mol. The van der Waals surface area contributed by atoms with Crippen LogP contribution in [0.3, 0.4) is 0 Å². The SMILES string of the molecule is O=C(N[C@@H]1C[C@@H]1F)C1C=Nc2ncccc2C1=O. The summed E-state index contributed by atoms with van der Waals surface area (Å²) in [4.78, 5) is 31.8. The highest BCUT2D eigenvalue weighted by atomic mass is 19.1. The lowest BCUT2D eigenvalue weighted by molar-refractivity contribution is -0.122. The fourth-order valence-electron chi connectivity index (χ4n) is 1.85. The number of carbonyl (C=O) groups is 2. The monoisotopic (exact) mass is 247 g/mol. The average Bonchev–Trinajstić information content (AvgIpc) is 3.05. The van der Waals surface area contributed by atoms with Gasteiger partial charge in [0.2, 0.25) is 5.91 Å². The molecule has 0 saturated heterocycles. The molecule has 1 aliphatic carbocycles. The molecule has 1 saturated carbocycles. The van der Waals surface area contributed by atoms with Crippen molar-refractivity contribution >= 4 is 23.7 Å². The molecule has 0 radical (unpaired) electrons. The molecule has 3 atom stereocenters. The molecule has 1 aromatic rings. The molecular formula is C12H10FN3O2. The van der Waals surface area contributed by atoms with Crippen molar-refractivity contribution in [1.29, 1.82) is 0 Å². The van der Waals surface area contributed by atoms with E-state index in [2.05, 4.69) is 15.3 Å². The first-order valence-electron chi connectivity index (χ1n) is 5.64. The molecule has 0 aromatic carbocycles. The van der Waals surface area contributed by atoms with Crippen molar-refractivity contribution in [2.24, 2.45) is 10.9 Å². The van der Waals surface area contributed by atoms with Gasteiger partial charge >= 0.3 is 0 Å². The van der Waals surface area contributed by atoms with Crippen LogP contribution in [0.5, 0.6) is 0 Å². The summed E-state index contributed by atoms with van der Waals surface area (Å²) in [6.45, 7) is 0. The Balaban J connectivity index is 1.80. The molecule has 1 amide bonds. The second kappa shape index (κ2) is 3.97. The number of amides is 1. The summed E-state index contributed by atoms with van der Waals surface area (Å²) in [5, 5.41) is 2.49. The molecule has 0 bridgehead atoms. The van der Waals surface area contributed by atoms with Crippen molar-refractivity contribution in [1.82, 2.24) is 10.3 Å². The maximum Gasteiger partial charge on any atom is 0.236 e. The number of carbonyl (C=O) groups excluding carboxylic acids is 2. The molecule has 92 valence electrons. The minimum absolute atomic E-state index is 0.321. The second-order valence-corrected chi connectivity index (χ2v) is 4.36. The summed E-state index contributed by atoms with van der Waals surface area (Å²) >= 11 is 0. The van der Waals surface area contributed by atoms with Gasteiger partial charge in [-0.25, -0.2) is 14.4 Å². The van der Waals surface area contributed by atoms with Crippen LogP contribution in [0, 0.1) is 5.92 Å². The summed E-state index contributed by atoms with van der Waals surface area (Å²) < 4.78 is 12.7. The Morgan fingerprint density at radius 2 is 2.28 bits per heavy atom. The number of fused-ring (bicyclic) bond motifs is 1. The fraction of sp³-hybridized carbons (Fsp3) is 0.333. The Morgan fingerprint density at radius 1 is 1.50 bits per heavy atom. The van der Waals surface area contributed by atoms with E-state index in [0.29, 0.717) is 17.8 Å². The molecule has 2 aliphatic rings. The van der Waals surface area contributed by atoms with Crippen LogP contribution in [0.4, 0.5) is 10.2 Å². The highest BCUT2D eigenvalue weighted by Crippen LogP contribution is 2.27. The number of alkyl halides is 1. The van der Waals surface area contributed by atoms with E-state index in [1.807, 2.05) is 0 Å². The van der Waals surface area contributed by atoms with Crippen LogP contribution in [0.15, 0.2) is 23.3 Å². The number of aliphatic imine (C=N–C) groups is 1. The molecule has 1 aromatic heterocycles. The van der Waals surface area contributed by atoms with Gasteiger partial charge in [-0.3, -0.25) is 9.59 Å². The standard InChI is InChI=1S/C12H10FN3O2/c13-8-4-9(8)16-12(18)7-5-15-11-6(10(7)17)2-1-3-14-11/h1-3,5,7-9H,4H2,(H,16,18)/t7?,8-,9+/m0/s1. The molecule has 1 unspecified atom stereocenters. The third kappa shape index (κ3) is 1.79. The van der Waals surface area contributed by atoms with Crippen LogP contribution < -0.4 is 5.32 Å². The van der Waals surface area contributed by atoms with Crippen LogP contribution in [-0.2, 0) is 4.79 Å². The Bertz CT molecular complexity index is 558. The van der Waals surface area contributed by atoms with E-state index in [-0.39, 0.29) is 5.78 Å². The molecule has 1 aliphatic heterocycles. The summed E-state index contributed by atoms with van der Waals surface area (Å²) in [6.07, 6.45) is 2.13. The van der Waals surface area contributed by atoms with Gasteiger partial charge in [0.1, 0.15) is 12.1 Å². The van der Waals surface area contributed by atoms with E-state index < -0.39 is 24.0 Å². The van der Waals surface area contributed by atoms with Crippen LogP contribution >= 0.6 is 0 Å². The van der Waals surface area contributed by atoms with Gasteiger partial charge in [0.05, 0.1) is 11.6 Å². The van der Waals surface area contributed by atoms with Crippen molar-refractivity contribution in [3.63, 3.8) is 0 Å². The molecule has 5 nitrogen and oxygen atoms in total. The maximum absolute atomic E-state index is 12.7. The third-order valence-corrected chi connectivity index (χ3v) is 3.00. The fourth-order valence-corrected chi connectivity index (χ4v) is 1.85. The largest absolute Gasteiger partial charge is 0.349 e. The van der Waals surface area contributed by atoms with Gasteiger partial charge in [-0.1, -0.05) is 0 Å². The number of hydrogen-bond donors (Lipinski definition) is 1. The Kier molecular flexibility index (Phi) is 2.43. The van der Waals surface area contributed by atoms with Crippen LogP contribution in [-0.4, -0.2) is 35.1 Å². The Hall–Kier alpha value is -2.11. The van der Waals surface area contributed by atoms with Crippen molar-refractivity contribution in [3.8, 4) is 0 Å². The molecule has 1 fully saturated rings. The van der Waals surface area contributed by atoms with Gasteiger partial charge in [0.15, 0.2) is 11.6 Å². The first kappa shape index (κ1) is 11.0. The van der Waals surface area contributed by atoms with Gasteiger partial charge in [0, 0.05) is 18.8 Å². The lowest BCUT2D eigenvalue weighted by atomic mass is 9.96. The van der Waals surface area contributed by atoms with Gasteiger partial charge in [-0.15, -0.1) is 0 Å². The summed E-state index contributed by atoms with van der Waals surface area (Å²) in [6, 6.07) is 2.75. The number of aromatic nitrogens is 1. The number of nitrogens with zero attached hydrogens (tertiary/aromatic N) is 2. The smallest absolute Gasteiger partial charge is 0.236 e. The zero-order valence-electron chi connectivity index (χ0n) is 9.34. The number of nitrogens with one attached hydrogen (secondary N) is 1. The minimum Gasteiger partial charge on any atom is -0.349 e. The first-order chi connectivity index (χ1) is 8.66. The van der Waals surface area contributed by atoms with Crippen LogP contribution in [0.2, 0.25) is 0 Å². The van der Waals surface area contributed by atoms with Gasteiger partial charge in [-0.2, -0.15) is 0 Å². The molecule has 18 heavy (non-hydrogen) atoms. The number of hydrogen-bond acceptors (Lipinski definition) is 4. The zero-order chi connectivity index (χ0) is 12.7. The highest BCUT2D eigenvalue weighted by molar-refractivity contribution is 6.23. The molecule has 0 spiro atoms. The zero-order valence-corrected chi connectivity index (χ0v) is 9.34. The minimum atomic E-state index is -0.987. The molecule has 6 heteroatoms. The third-order valence-electron chi connectivity index (χ3n) is 3.00. The van der Waals surface area contributed by atoms with Gasteiger partial charge in [0.25, 0.3) is 0 Å². The van der Waals surface area contributed by atoms with Crippen molar-refractivity contribution < 1.29 is 14.0 Å². The number of rotatable bonds is 2. The number of ketones is 1. The quantitative estimate of drug-likeness (QED) is 0.786. The first-order valence-corrected chi connectivity index (χ1v) is 5.64. The van der Waals surface area contributed by atoms with Crippen molar-refractivity contribution in [2.75, 3.05) is 0 Å². The molecular weight excluding hydrogens is 237 g/mol. The van der Waals surface area contributed by atoms with E-state index in [0.717, 1.165) is 0 Å². The second-order valence-electron chi connectivity index (χ2n) is 4.36. The van der Waals surface area contributed by atoms with E-state index in [4.69, 9.17) is 0 Å². The van der Waals surface area contributed by atoms with Gasteiger partial charge in [-0.05, 0) is 12.1 Å². The number of pyridine rings is 1. The Labute approximate surface area is 102 Å². The Morgan fingerprint density at radius 3 is 3.00 bits per heavy atom. The molecule has 2 heterocycles. The summed E-state index contributed by atoms with van der Waals surface area (Å²) in [5.74, 6) is -1.50. The number of Topliss-reactive ketones (excluding diaryl/α,β-unsaturated/α-hetero) is 1. The lowest BCUT2D eigenvalue weighted by Gasteiger charge is -2.15. The van der Waals surface area contributed by atoms with E-state index >= 15 is 0 Å². The van der Waals surface area contributed by atoms with E-state index in [1.165, 1.54) is 12.4 Å². The van der Waals surface area contributed by atoms with Crippen LogP contribution in [0.25, 0.3) is 0 Å². The normalized spacial score (nSPS) is 28.7. The summed E-state index contributed by atoms with van der Waals surface area (Å²) in [7, 11) is 0. The van der Waals surface area contributed by atoms with E-state index in [1.54, 1.807) is 12.1 Å². The number of halogens is 1. The highest BCUT2D eigenvalue weighted by Gasteiger charge is 2.41. The molecule has 3 rings (SSSR count). The maximum atomic E-state index is 12.7. The topological polar surface area (TPSA) is 71.4 Å². The predicted octanol–water partition coefficient (Wildman–Crippen LogP) is 0.823.